The van der Waals surface area contributed by atoms with E-state index >= 15 is 0 Å². The topological polar surface area (TPSA) is 89.3 Å². The van der Waals surface area contributed by atoms with Crippen LogP contribution in [0.2, 0.25) is 5.02 Å². The van der Waals surface area contributed by atoms with Crippen molar-refractivity contribution in [2.24, 2.45) is 0 Å². The van der Waals surface area contributed by atoms with E-state index in [9.17, 15) is 0 Å². The number of hydrogen-bond donors (Lipinski definition) is 1. The third kappa shape index (κ3) is 3.23. The zero-order chi connectivity index (χ0) is 21.7. The highest BCUT2D eigenvalue weighted by atomic mass is 35.5. The minimum Gasteiger partial charge on any atom is -0.454 e. The summed E-state index contributed by atoms with van der Waals surface area (Å²) in [5.41, 5.74) is 4.66. The first kappa shape index (κ1) is 19.3. The number of nitrogens with one attached hydrogen (secondary N) is 1. The van der Waals surface area contributed by atoms with E-state index in [4.69, 9.17) is 30.5 Å². The second-order valence-corrected chi connectivity index (χ2v) is 8.26. The third-order valence-corrected chi connectivity index (χ3v) is 6.24. The molecule has 3 aromatic heterocycles. The first-order valence-electron chi connectivity index (χ1n) is 10.4. The number of hydrogen-bond acceptors (Lipinski definition) is 7. The van der Waals surface area contributed by atoms with Crippen LogP contribution in [0.1, 0.15) is 34.6 Å². The maximum Gasteiger partial charge on any atom is 0.231 e. The lowest BCUT2D eigenvalue weighted by Crippen LogP contribution is -2.36. The van der Waals surface area contributed by atoms with Gasteiger partial charge in [-0.2, -0.15) is 0 Å². The summed E-state index contributed by atoms with van der Waals surface area (Å²) in [6.45, 7) is 3.56. The highest BCUT2D eigenvalue weighted by Crippen LogP contribution is 2.41. The van der Waals surface area contributed by atoms with Gasteiger partial charge in [-0.15, -0.1) is 0 Å². The molecule has 0 amide bonds. The quantitative estimate of drug-likeness (QED) is 0.496. The average Bonchev–Trinajstić information content (AvgIpc) is 3.53. The zero-order valence-corrected chi connectivity index (χ0v) is 18.1. The molecule has 0 saturated heterocycles. The lowest BCUT2D eigenvalue weighted by molar-refractivity contribution is 0.174. The van der Waals surface area contributed by atoms with Gasteiger partial charge in [-0.1, -0.05) is 17.7 Å². The summed E-state index contributed by atoms with van der Waals surface area (Å²) >= 11 is 6.48. The van der Waals surface area contributed by atoms with E-state index in [0.29, 0.717) is 34.5 Å². The van der Waals surface area contributed by atoms with Crippen molar-refractivity contribution in [1.29, 1.82) is 0 Å². The van der Waals surface area contributed by atoms with Crippen LogP contribution in [0.25, 0.3) is 11.5 Å². The van der Waals surface area contributed by atoms with Gasteiger partial charge in [0.05, 0.1) is 40.0 Å². The number of rotatable bonds is 4. The van der Waals surface area contributed by atoms with Crippen LogP contribution in [0.3, 0.4) is 0 Å². The Morgan fingerprint density at radius 1 is 1.19 bits per heavy atom. The lowest BCUT2D eigenvalue weighted by atomic mass is 9.99. The molecule has 0 bridgehead atoms. The molecule has 2 aliphatic heterocycles. The average molecular weight is 450 g/mol. The molecule has 0 radical (unpaired) electrons. The Hall–Kier alpha value is -3.36. The monoisotopic (exact) mass is 449 g/mol. The molecule has 6 rings (SSSR count). The Kier molecular flexibility index (Phi) is 4.62. The minimum absolute atomic E-state index is 0.0557. The summed E-state index contributed by atoms with van der Waals surface area (Å²) in [5.74, 6) is 2.48. The molecule has 0 spiro atoms. The lowest BCUT2D eigenvalue weighted by Gasteiger charge is -2.34. The SMILES string of the molecule is Cc1oc(-c2cc3c(cc2Cl)OCO3)nc1CN1CCc2[nH]cnc2[C@H]1c1ccccn1. The fraction of sp³-hybridized carbons (Fsp3) is 0.261. The van der Waals surface area contributed by atoms with Crippen LogP contribution in [-0.4, -0.2) is 38.2 Å². The molecule has 1 N–H and O–H groups in total. The number of H-pyrrole nitrogens is 1. The number of halogens is 1. The van der Waals surface area contributed by atoms with Crippen LogP contribution in [-0.2, 0) is 13.0 Å². The third-order valence-electron chi connectivity index (χ3n) is 5.93. The summed E-state index contributed by atoms with van der Waals surface area (Å²) in [7, 11) is 0. The molecule has 1 aromatic carbocycles. The van der Waals surface area contributed by atoms with E-state index in [-0.39, 0.29) is 12.8 Å². The minimum atomic E-state index is -0.0557. The Morgan fingerprint density at radius 2 is 2.06 bits per heavy atom. The van der Waals surface area contributed by atoms with Crippen LogP contribution in [0.15, 0.2) is 47.3 Å². The van der Waals surface area contributed by atoms with Crippen LogP contribution in [0.5, 0.6) is 11.5 Å². The molecule has 2 aliphatic rings. The van der Waals surface area contributed by atoms with Gasteiger partial charge >= 0.3 is 0 Å². The molecule has 0 fully saturated rings. The standard InChI is InChI=1S/C23H20ClN5O3/c1-13-18(28-23(32-13)14-8-19-20(9-15(14)24)31-12-30-19)10-29-7-5-16-21(27-11-26-16)22(29)17-4-2-3-6-25-17/h2-4,6,8-9,11,22H,5,7,10,12H2,1H3,(H,26,27)/t22-/m1/s1. The maximum absolute atomic E-state index is 6.48. The second kappa shape index (κ2) is 7.65. The number of nitrogens with zero attached hydrogens (tertiary/aromatic N) is 4. The van der Waals surface area contributed by atoms with E-state index in [1.54, 1.807) is 12.4 Å². The second-order valence-electron chi connectivity index (χ2n) is 7.85. The molecule has 1 atom stereocenters. The molecule has 8 nitrogen and oxygen atoms in total. The molecule has 5 heterocycles. The van der Waals surface area contributed by atoms with Gasteiger partial charge in [0.25, 0.3) is 0 Å². The molecule has 0 unspecified atom stereocenters. The molecule has 32 heavy (non-hydrogen) atoms. The van der Waals surface area contributed by atoms with E-state index in [1.807, 2.05) is 37.4 Å². The van der Waals surface area contributed by atoms with Crippen molar-refractivity contribution in [2.75, 3.05) is 13.3 Å². The number of pyridine rings is 1. The highest BCUT2D eigenvalue weighted by Gasteiger charge is 2.33. The van der Waals surface area contributed by atoms with Crippen molar-refractivity contribution in [3.63, 3.8) is 0 Å². The van der Waals surface area contributed by atoms with Gasteiger partial charge in [-0.3, -0.25) is 9.88 Å². The smallest absolute Gasteiger partial charge is 0.231 e. The maximum atomic E-state index is 6.48. The molecule has 9 heteroatoms. The first-order valence-corrected chi connectivity index (χ1v) is 10.8. The summed E-state index contributed by atoms with van der Waals surface area (Å²) < 4.78 is 16.9. The summed E-state index contributed by atoms with van der Waals surface area (Å²) in [6.07, 6.45) is 4.46. The van der Waals surface area contributed by atoms with Crippen LogP contribution in [0.4, 0.5) is 0 Å². The van der Waals surface area contributed by atoms with Crippen molar-refractivity contribution >= 4 is 11.6 Å². The van der Waals surface area contributed by atoms with E-state index in [0.717, 1.165) is 41.5 Å². The van der Waals surface area contributed by atoms with Crippen molar-refractivity contribution in [1.82, 2.24) is 24.8 Å². The number of imidazole rings is 1. The van der Waals surface area contributed by atoms with E-state index < -0.39 is 0 Å². The highest BCUT2D eigenvalue weighted by molar-refractivity contribution is 6.33. The number of aromatic amines is 1. The Balaban J connectivity index is 1.34. The van der Waals surface area contributed by atoms with Gasteiger partial charge in [0.1, 0.15) is 5.76 Å². The van der Waals surface area contributed by atoms with Gasteiger partial charge in [0.15, 0.2) is 11.5 Å². The number of aryl methyl sites for hydroxylation is 1. The normalized spacial score (nSPS) is 17.5. The van der Waals surface area contributed by atoms with Crippen LogP contribution >= 0.6 is 11.6 Å². The molecule has 4 aromatic rings. The van der Waals surface area contributed by atoms with Gasteiger partial charge in [0.2, 0.25) is 12.7 Å². The zero-order valence-electron chi connectivity index (χ0n) is 17.3. The number of oxazole rings is 1. The van der Waals surface area contributed by atoms with E-state index in [2.05, 4.69) is 19.9 Å². The predicted octanol–water partition coefficient (Wildman–Crippen LogP) is 4.30. The first-order chi connectivity index (χ1) is 15.7. The van der Waals surface area contributed by atoms with Crippen molar-refractivity contribution in [2.45, 2.75) is 25.9 Å². The molecular formula is C23H20ClN5O3. The van der Waals surface area contributed by atoms with Gasteiger partial charge in [-0.05, 0) is 25.1 Å². The summed E-state index contributed by atoms with van der Waals surface area (Å²) in [6, 6.07) is 9.45. The van der Waals surface area contributed by atoms with Crippen molar-refractivity contribution in [3.05, 3.63) is 76.4 Å². The number of aromatic nitrogens is 4. The molecule has 162 valence electrons. The van der Waals surface area contributed by atoms with Crippen LogP contribution < -0.4 is 9.47 Å². The number of ether oxygens (including phenoxy) is 2. The van der Waals surface area contributed by atoms with E-state index in [1.165, 1.54) is 0 Å². The largest absolute Gasteiger partial charge is 0.454 e. The summed E-state index contributed by atoms with van der Waals surface area (Å²) in [4.78, 5) is 19.6. The number of benzene rings is 1. The van der Waals surface area contributed by atoms with Crippen molar-refractivity contribution < 1.29 is 13.9 Å². The summed E-state index contributed by atoms with van der Waals surface area (Å²) in [5, 5.41) is 0.507. The van der Waals surface area contributed by atoms with Gasteiger partial charge < -0.3 is 18.9 Å². The Bertz CT molecular complexity index is 1290. The fourth-order valence-corrected chi connectivity index (χ4v) is 4.56. The molecule has 0 aliphatic carbocycles. The van der Waals surface area contributed by atoms with Gasteiger partial charge in [0, 0.05) is 37.5 Å². The predicted molar refractivity (Wildman–Crippen MR) is 117 cm³/mol. The molecular weight excluding hydrogens is 430 g/mol. The Labute approximate surface area is 189 Å². The number of fused-ring (bicyclic) bond motifs is 2. The fourth-order valence-electron chi connectivity index (χ4n) is 4.32. The molecule has 0 saturated carbocycles. The van der Waals surface area contributed by atoms with Crippen LogP contribution in [0, 0.1) is 6.92 Å². The van der Waals surface area contributed by atoms with Crippen molar-refractivity contribution in [3.8, 4) is 23.0 Å². The van der Waals surface area contributed by atoms with Gasteiger partial charge in [-0.25, -0.2) is 9.97 Å². The Morgan fingerprint density at radius 3 is 2.91 bits per heavy atom.